The largest absolute Gasteiger partial charge is 1.00 e. The summed E-state index contributed by atoms with van der Waals surface area (Å²) >= 11 is 0. The van der Waals surface area contributed by atoms with Crippen molar-refractivity contribution < 1.29 is 26.7 Å². The molecule has 1 rings (SSSR count). The Labute approximate surface area is 126 Å². The molecule has 1 aromatic rings. The zero-order chi connectivity index (χ0) is 14.1. The SMILES string of the molecule is COc1ccc(/C=C/C(=O)OCCCN(C)C)cc1.[Cl-]. The van der Waals surface area contributed by atoms with Gasteiger partial charge < -0.3 is 26.8 Å². The fourth-order valence-electron chi connectivity index (χ4n) is 1.48. The smallest absolute Gasteiger partial charge is 0.330 e. The lowest BCUT2D eigenvalue weighted by atomic mass is 10.2. The van der Waals surface area contributed by atoms with Gasteiger partial charge in [0.1, 0.15) is 5.75 Å². The molecule has 0 saturated carbocycles. The van der Waals surface area contributed by atoms with Gasteiger partial charge in [-0.3, -0.25) is 0 Å². The van der Waals surface area contributed by atoms with Gasteiger partial charge in [-0.2, -0.15) is 0 Å². The number of hydrogen-bond donors (Lipinski definition) is 0. The first-order valence-electron chi connectivity index (χ1n) is 6.25. The van der Waals surface area contributed by atoms with E-state index in [0.29, 0.717) is 6.61 Å². The van der Waals surface area contributed by atoms with E-state index in [0.717, 1.165) is 24.3 Å². The second kappa shape index (κ2) is 10.3. The topological polar surface area (TPSA) is 38.8 Å². The van der Waals surface area contributed by atoms with Gasteiger partial charge in [-0.25, -0.2) is 4.79 Å². The fourth-order valence-corrected chi connectivity index (χ4v) is 1.48. The molecule has 0 radical (unpaired) electrons. The van der Waals surface area contributed by atoms with Crippen LogP contribution >= 0.6 is 0 Å². The predicted molar refractivity (Wildman–Crippen MR) is 76.2 cm³/mol. The lowest BCUT2D eigenvalue weighted by Crippen LogP contribution is -3.00. The normalized spacial score (nSPS) is 10.4. The van der Waals surface area contributed by atoms with Gasteiger partial charge in [-0.15, -0.1) is 0 Å². The number of ether oxygens (including phenoxy) is 2. The monoisotopic (exact) mass is 298 g/mol. The third-order valence-electron chi connectivity index (χ3n) is 2.52. The van der Waals surface area contributed by atoms with Crippen LogP contribution in [0.5, 0.6) is 5.75 Å². The van der Waals surface area contributed by atoms with Gasteiger partial charge in [0.15, 0.2) is 0 Å². The third kappa shape index (κ3) is 7.81. The van der Waals surface area contributed by atoms with Crippen LogP contribution in [0.1, 0.15) is 12.0 Å². The molecule has 0 bridgehead atoms. The molecular formula is C15H21ClNO3-. The Morgan fingerprint density at radius 1 is 1.25 bits per heavy atom. The Morgan fingerprint density at radius 2 is 1.90 bits per heavy atom. The van der Waals surface area contributed by atoms with Crippen LogP contribution in [-0.4, -0.2) is 45.2 Å². The van der Waals surface area contributed by atoms with E-state index >= 15 is 0 Å². The molecule has 0 unspecified atom stereocenters. The van der Waals surface area contributed by atoms with Crippen LogP contribution in [0.15, 0.2) is 30.3 Å². The number of methoxy groups -OCH3 is 1. The van der Waals surface area contributed by atoms with Gasteiger partial charge in [0.25, 0.3) is 0 Å². The molecule has 5 heteroatoms. The Bertz CT molecular complexity index is 416. The molecule has 1 aromatic carbocycles. The lowest BCUT2D eigenvalue weighted by Gasteiger charge is -2.08. The molecule has 0 amide bonds. The van der Waals surface area contributed by atoms with E-state index in [1.165, 1.54) is 6.08 Å². The minimum atomic E-state index is -0.311. The first-order chi connectivity index (χ1) is 9.11. The van der Waals surface area contributed by atoms with E-state index in [1.54, 1.807) is 13.2 Å². The van der Waals surface area contributed by atoms with Crippen molar-refractivity contribution in [3.8, 4) is 5.75 Å². The number of carbonyl (C=O) groups excluding carboxylic acids is 1. The van der Waals surface area contributed by atoms with Crippen molar-refractivity contribution in [2.24, 2.45) is 0 Å². The van der Waals surface area contributed by atoms with Gasteiger partial charge in [0.05, 0.1) is 13.7 Å². The molecule has 0 heterocycles. The molecule has 20 heavy (non-hydrogen) atoms. The summed E-state index contributed by atoms with van der Waals surface area (Å²) in [7, 11) is 5.60. The number of benzene rings is 1. The highest BCUT2D eigenvalue weighted by molar-refractivity contribution is 5.87. The van der Waals surface area contributed by atoms with Gasteiger partial charge in [-0.1, -0.05) is 12.1 Å². The summed E-state index contributed by atoms with van der Waals surface area (Å²) in [4.78, 5) is 13.5. The molecule has 0 saturated heterocycles. The summed E-state index contributed by atoms with van der Waals surface area (Å²) in [6.45, 7) is 1.36. The zero-order valence-electron chi connectivity index (χ0n) is 12.1. The van der Waals surface area contributed by atoms with E-state index in [-0.39, 0.29) is 18.4 Å². The summed E-state index contributed by atoms with van der Waals surface area (Å²) in [5.74, 6) is 0.484. The highest BCUT2D eigenvalue weighted by Crippen LogP contribution is 2.12. The molecule has 4 nitrogen and oxygen atoms in total. The average molecular weight is 299 g/mol. The number of carbonyl (C=O) groups is 1. The second-order valence-corrected chi connectivity index (χ2v) is 4.43. The van der Waals surface area contributed by atoms with Crippen LogP contribution in [0.4, 0.5) is 0 Å². The Morgan fingerprint density at radius 3 is 2.45 bits per heavy atom. The summed E-state index contributed by atoms with van der Waals surface area (Å²) in [5.41, 5.74) is 0.936. The van der Waals surface area contributed by atoms with Gasteiger partial charge in [0, 0.05) is 12.6 Å². The van der Waals surface area contributed by atoms with Crippen molar-refractivity contribution in [2.75, 3.05) is 34.4 Å². The van der Waals surface area contributed by atoms with E-state index in [2.05, 4.69) is 4.90 Å². The molecule has 112 valence electrons. The number of nitrogens with zero attached hydrogens (tertiary/aromatic N) is 1. The van der Waals surface area contributed by atoms with Crippen molar-refractivity contribution in [3.05, 3.63) is 35.9 Å². The van der Waals surface area contributed by atoms with Crippen molar-refractivity contribution in [1.29, 1.82) is 0 Å². The molecule has 0 aliphatic carbocycles. The highest BCUT2D eigenvalue weighted by atomic mass is 35.5. The summed E-state index contributed by atoms with van der Waals surface area (Å²) in [5, 5.41) is 0. The molecule has 0 fully saturated rings. The molecule has 0 atom stereocenters. The van der Waals surface area contributed by atoms with Gasteiger partial charge in [-0.05, 0) is 44.3 Å². The second-order valence-electron chi connectivity index (χ2n) is 4.43. The van der Waals surface area contributed by atoms with Crippen molar-refractivity contribution >= 4 is 12.0 Å². The summed E-state index contributed by atoms with van der Waals surface area (Å²) < 4.78 is 10.1. The first kappa shape index (κ1) is 18.5. The predicted octanol–water partition coefficient (Wildman–Crippen LogP) is -0.793. The standard InChI is InChI=1S/C15H21NO3.ClH/c1-16(2)11-4-12-19-15(17)10-7-13-5-8-14(18-3)9-6-13;/h5-10H,4,11-12H2,1-3H3;1H/p-1/b10-7+;. The Balaban J connectivity index is 0.00000361. The third-order valence-corrected chi connectivity index (χ3v) is 2.52. The van der Waals surface area contributed by atoms with Crippen LogP contribution in [0, 0.1) is 0 Å². The minimum absolute atomic E-state index is 0. The Kier molecular flexibility index (Phi) is 9.51. The quantitative estimate of drug-likeness (QED) is 0.376. The molecule has 0 aromatic heterocycles. The highest BCUT2D eigenvalue weighted by Gasteiger charge is 1.98. The van der Waals surface area contributed by atoms with E-state index in [4.69, 9.17) is 9.47 Å². The van der Waals surface area contributed by atoms with Gasteiger partial charge >= 0.3 is 5.97 Å². The van der Waals surface area contributed by atoms with Crippen molar-refractivity contribution in [3.63, 3.8) is 0 Å². The molecule has 0 aliphatic heterocycles. The van der Waals surface area contributed by atoms with E-state index < -0.39 is 0 Å². The Hall–Kier alpha value is -1.52. The van der Waals surface area contributed by atoms with Crippen molar-refractivity contribution in [1.82, 2.24) is 4.90 Å². The number of rotatable bonds is 7. The maximum absolute atomic E-state index is 11.4. The molecule has 0 aliphatic rings. The van der Waals surface area contributed by atoms with Crippen LogP contribution in [0.3, 0.4) is 0 Å². The fraction of sp³-hybridized carbons (Fsp3) is 0.400. The summed E-state index contributed by atoms with van der Waals surface area (Å²) in [6, 6.07) is 7.47. The van der Waals surface area contributed by atoms with Crippen LogP contribution in [0.25, 0.3) is 6.08 Å². The molecule has 0 N–H and O–H groups in total. The maximum Gasteiger partial charge on any atom is 0.330 e. The number of esters is 1. The maximum atomic E-state index is 11.4. The summed E-state index contributed by atoms with van der Waals surface area (Å²) in [6.07, 6.45) is 4.01. The van der Waals surface area contributed by atoms with Gasteiger partial charge in [0.2, 0.25) is 0 Å². The van der Waals surface area contributed by atoms with Crippen molar-refractivity contribution in [2.45, 2.75) is 6.42 Å². The number of hydrogen-bond acceptors (Lipinski definition) is 4. The van der Waals surface area contributed by atoms with E-state index in [1.807, 2.05) is 38.4 Å². The first-order valence-corrected chi connectivity index (χ1v) is 6.25. The molecular weight excluding hydrogens is 278 g/mol. The van der Waals surface area contributed by atoms with E-state index in [9.17, 15) is 4.79 Å². The average Bonchev–Trinajstić information content (AvgIpc) is 2.41. The minimum Gasteiger partial charge on any atom is -1.00 e. The number of halogens is 1. The van der Waals surface area contributed by atoms with Crippen LogP contribution in [-0.2, 0) is 9.53 Å². The van der Waals surface area contributed by atoms with Crippen LogP contribution < -0.4 is 17.1 Å². The van der Waals surface area contributed by atoms with Crippen LogP contribution in [0.2, 0.25) is 0 Å². The molecule has 0 spiro atoms. The lowest BCUT2D eigenvalue weighted by molar-refractivity contribution is -0.137. The zero-order valence-corrected chi connectivity index (χ0v) is 12.9.